The van der Waals surface area contributed by atoms with Crippen LogP contribution in [0.1, 0.15) is 12.5 Å². The van der Waals surface area contributed by atoms with E-state index in [0.29, 0.717) is 11.3 Å². The molecule has 0 spiro atoms. The van der Waals surface area contributed by atoms with Gasteiger partial charge in [-0.15, -0.1) is 0 Å². The van der Waals surface area contributed by atoms with Gasteiger partial charge in [-0.3, -0.25) is 0 Å². The number of rotatable bonds is 3. The van der Waals surface area contributed by atoms with Crippen LogP contribution < -0.4 is 10.4 Å². The van der Waals surface area contributed by atoms with Gasteiger partial charge in [0, 0.05) is 29.9 Å². The van der Waals surface area contributed by atoms with Gasteiger partial charge in [0.05, 0.1) is 4.47 Å². The monoisotopic (exact) mass is 346 g/mol. The highest BCUT2D eigenvalue weighted by Crippen LogP contribution is 2.25. The van der Waals surface area contributed by atoms with Crippen LogP contribution in [-0.2, 0) is 6.42 Å². The molecule has 1 aromatic carbocycles. The van der Waals surface area contributed by atoms with Gasteiger partial charge in [-0.1, -0.05) is 6.92 Å². The Kier molecular flexibility index (Phi) is 3.70. The second-order valence-corrected chi connectivity index (χ2v) is 5.30. The Morgan fingerprint density at radius 2 is 2.00 bits per heavy atom. The number of hydrogen-bond donors (Lipinski definition) is 0. The molecular formula is C15H11BrN2O3. The zero-order valence-corrected chi connectivity index (χ0v) is 12.8. The van der Waals surface area contributed by atoms with Gasteiger partial charge in [-0.05, 0) is 40.0 Å². The van der Waals surface area contributed by atoms with Gasteiger partial charge < -0.3 is 9.15 Å². The molecule has 0 atom stereocenters. The predicted molar refractivity (Wildman–Crippen MR) is 81.7 cm³/mol. The largest absolute Gasteiger partial charge is 0.424 e. The van der Waals surface area contributed by atoms with E-state index in [1.165, 1.54) is 6.07 Å². The number of nitrogens with zero attached hydrogens (tertiary/aromatic N) is 2. The molecule has 3 rings (SSSR count). The van der Waals surface area contributed by atoms with Crippen LogP contribution in [0.25, 0.3) is 11.0 Å². The van der Waals surface area contributed by atoms with Crippen molar-refractivity contribution in [1.29, 1.82) is 0 Å². The minimum absolute atomic E-state index is 0.228. The lowest BCUT2D eigenvalue weighted by atomic mass is 10.1. The summed E-state index contributed by atoms with van der Waals surface area (Å²) >= 11 is 3.26. The maximum atomic E-state index is 11.5. The third-order valence-electron chi connectivity index (χ3n) is 2.99. The quantitative estimate of drug-likeness (QED) is 0.676. The fourth-order valence-corrected chi connectivity index (χ4v) is 2.23. The zero-order chi connectivity index (χ0) is 14.8. The highest BCUT2D eigenvalue weighted by Gasteiger charge is 2.07. The van der Waals surface area contributed by atoms with Crippen molar-refractivity contribution >= 4 is 26.9 Å². The van der Waals surface area contributed by atoms with E-state index in [2.05, 4.69) is 25.9 Å². The first-order chi connectivity index (χ1) is 10.2. The molecule has 0 unspecified atom stereocenters. The third kappa shape index (κ3) is 2.95. The Labute approximate surface area is 128 Å². The van der Waals surface area contributed by atoms with Crippen LogP contribution in [0.5, 0.6) is 11.8 Å². The SMILES string of the molecule is CCc1cc(=O)oc2cc(Oc3ncc(Br)cn3)ccc12. The van der Waals surface area contributed by atoms with Crippen molar-refractivity contribution in [2.45, 2.75) is 13.3 Å². The summed E-state index contributed by atoms with van der Waals surface area (Å²) in [7, 11) is 0. The average Bonchev–Trinajstić information content (AvgIpc) is 2.48. The molecule has 0 amide bonds. The van der Waals surface area contributed by atoms with E-state index in [-0.39, 0.29) is 11.6 Å². The van der Waals surface area contributed by atoms with Crippen LogP contribution in [0.4, 0.5) is 0 Å². The Bertz CT molecular complexity index is 844. The molecule has 0 aliphatic carbocycles. The minimum Gasteiger partial charge on any atom is -0.424 e. The molecular weight excluding hydrogens is 336 g/mol. The van der Waals surface area contributed by atoms with Crippen LogP contribution >= 0.6 is 15.9 Å². The first-order valence-electron chi connectivity index (χ1n) is 6.38. The van der Waals surface area contributed by atoms with Crippen molar-refractivity contribution < 1.29 is 9.15 Å². The van der Waals surface area contributed by atoms with Crippen molar-refractivity contribution in [3.63, 3.8) is 0 Å². The molecule has 0 saturated heterocycles. The molecule has 5 nitrogen and oxygen atoms in total. The van der Waals surface area contributed by atoms with Crippen molar-refractivity contribution in [3.05, 3.63) is 57.1 Å². The molecule has 21 heavy (non-hydrogen) atoms. The van der Waals surface area contributed by atoms with E-state index in [1.54, 1.807) is 24.5 Å². The number of halogens is 1. The minimum atomic E-state index is -0.364. The number of benzene rings is 1. The van der Waals surface area contributed by atoms with E-state index in [0.717, 1.165) is 21.8 Å². The van der Waals surface area contributed by atoms with Gasteiger partial charge in [-0.25, -0.2) is 14.8 Å². The smallest absolute Gasteiger partial charge is 0.336 e. The first-order valence-corrected chi connectivity index (χ1v) is 7.17. The second-order valence-electron chi connectivity index (χ2n) is 4.39. The normalized spacial score (nSPS) is 10.8. The maximum absolute atomic E-state index is 11.5. The zero-order valence-electron chi connectivity index (χ0n) is 11.2. The Morgan fingerprint density at radius 3 is 2.71 bits per heavy atom. The van der Waals surface area contributed by atoms with Crippen LogP contribution in [0.15, 0.2) is 50.3 Å². The van der Waals surface area contributed by atoms with Crippen molar-refractivity contribution in [1.82, 2.24) is 9.97 Å². The summed E-state index contributed by atoms with van der Waals surface area (Å²) in [6.45, 7) is 1.99. The van der Waals surface area contributed by atoms with E-state index in [9.17, 15) is 4.79 Å². The van der Waals surface area contributed by atoms with Gasteiger partial charge in [0.1, 0.15) is 11.3 Å². The standard InChI is InChI=1S/C15H11BrN2O3/c1-2-9-5-14(19)21-13-6-11(3-4-12(9)13)20-15-17-7-10(16)8-18-15/h3-8H,2H2,1H3. The summed E-state index contributed by atoms with van der Waals surface area (Å²) in [6.07, 6.45) is 3.95. The molecule has 0 saturated carbocycles. The van der Waals surface area contributed by atoms with Gasteiger partial charge in [0.2, 0.25) is 0 Å². The predicted octanol–water partition coefficient (Wildman–Crippen LogP) is 3.70. The molecule has 3 aromatic rings. The Hall–Kier alpha value is -2.21. The molecule has 2 aromatic heterocycles. The summed E-state index contributed by atoms with van der Waals surface area (Å²) in [5, 5.41) is 0.904. The van der Waals surface area contributed by atoms with Crippen molar-refractivity contribution in [2.24, 2.45) is 0 Å². The van der Waals surface area contributed by atoms with Gasteiger partial charge in [-0.2, -0.15) is 0 Å². The summed E-state index contributed by atoms with van der Waals surface area (Å²) in [5.41, 5.74) is 1.08. The highest BCUT2D eigenvalue weighted by atomic mass is 79.9. The molecule has 0 bridgehead atoms. The summed E-state index contributed by atoms with van der Waals surface area (Å²) < 4.78 is 11.5. The lowest BCUT2D eigenvalue weighted by molar-refractivity contribution is 0.440. The van der Waals surface area contributed by atoms with Crippen molar-refractivity contribution in [3.8, 4) is 11.8 Å². The number of fused-ring (bicyclic) bond motifs is 1. The van der Waals surface area contributed by atoms with E-state index in [1.807, 2.05) is 13.0 Å². The lowest BCUT2D eigenvalue weighted by Gasteiger charge is -2.06. The average molecular weight is 347 g/mol. The van der Waals surface area contributed by atoms with Crippen LogP contribution in [0.2, 0.25) is 0 Å². The molecule has 6 heteroatoms. The number of aryl methyl sites for hydroxylation is 1. The lowest BCUT2D eigenvalue weighted by Crippen LogP contribution is -2.00. The molecule has 0 aliphatic rings. The maximum Gasteiger partial charge on any atom is 0.336 e. The van der Waals surface area contributed by atoms with Crippen LogP contribution in [0, 0.1) is 0 Å². The van der Waals surface area contributed by atoms with Crippen molar-refractivity contribution in [2.75, 3.05) is 0 Å². The molecule has 2 heterocycles. The molecule has 0 N–H and O–H groups in total. The summed E-state index contributed by atoms with van der Waals surface area (Å²) in [6, 6.07) is 7.08. The fourth-order valence-electron chi connectivity index (χ4n) is 2.02. The highest BCUT2D eigenvalue weighted by molar-refractivity contribution is 9.10. The van der Waals surface area contributed by atoms with Gasteiger partial charge in [0.15, 0.2) is 0 Å². The fraction of sp³-hybridized carbons (Fsp3) is 0.133. The summed E-state index contributed by atoms with van der Waals surface area (Å²) in [4.78, 5) is 19.6. The Balaban J connectivity index is 2.01. The van der Waals surface area contributed by atoms with Gasteiger partial charge in [0.25, 0.3) is 0 Å². The van der Waals surface area contributed by atoms with Gasteiger partial charge >= 0.3 is 11.6 Å². The Morgan fingerprint density at radius 1 is 1.24 bits per heavy atom. The first kappa shape index (κ1) is 13.8. The topological polar surface area (TPSA) is 65.2 Å². The number of ether oxygens (including phenoxy) is 1. The van der Waals surface area contributed by atoms with E-state index >= 15 is 0 Å². The molecule has 0 radical (unpaired) electrons. The number of hydrogen-bond acceptors (Lipinski definition) is 5. The molecule has 106 valence electrons. The van der Waals surface area contributed by atoms with Crippen LogP contribution in [0.3, 0.4) is 0 Å². The summed E-state index contributed by atoms with van der Waals surface area (Å²) in [5.74, 6) is 0.515. The van der Waals surface area contributed by atoms with E-state index in [4.69, 9.17) is 9.15 Å². The van der Waals surface area contributed by atoms with E-state index < -0.39 is 0 Å². The number of aromatic nitrogens is 2. The van der Waals surface area contributed by atoms with Crippen LogP contribution in [-0.4, -0.2) is 9.97 Å². The second kappa shape index (κ2) is 5.65. The molecule has 0 aliphatic heterocycles. The molecule has 0 fully saturated rings. The third-order valence-corrected chi connectivity index (χ3v) is 3.40.